The van der Waals surface area contributed by atoms with E-state index in [0.717, 1.165) is 16.6 Å². The summed E-state index contributed by atoms with van der Waals surface area (Å²) < 4.78 is 1.99. The normalized spacial score (nSPS) is 10.6. The first-order chi connectivity index (χ1) is 5.29. The molecule has 11 heavy (non-hydrogen) atoms. The molecule has 3 heteroatoms. The number of pyridine rings is 1. The molecular weight excluding hydrogens is 138 g/mol. The van der Waals surface area contributed by atoms with Crippen LogP contribution >= 0.6 is 0 Å². The fourth-order valence-corrected chi connectivity index (χ4v) is 1.26. The number of hydrogen-bond donors (Lipinski definition) is 1. The lowest BCUT2D eigenvalue weighted by atomic mass is 10.3. The van der Waals surface area contributed by atoms with Crippen molar-refractivity contribution in [1.82, 2.24) is 9.55 Å². The summed E-state index contributed by atoms with van der Waals surface area (Å²) in [7, 11) is 1.97. The van der Waals surface area contributed by atoms with Crippen LogP contribution in [0.2, 0.25) is 0 Å². The van der Waals surface area contributed by atoms with Crippen LogP contribution < -0.4 is 5.73 Å². The summed E-state index contributed by atoms with van der Waals surface area (Å²) in [6, 6.07) is 1.95. The third kappa shape index (κ3) is 0.774. The van der Waals surface area contributed by atoms with E-state index >= 15 is 0 Å². The summed E-state index contributed by atoms with van der Waals surface area (Å²) >= 11 is 0. The molecule has 0 aromatic carbocycles. The van der Waals surface area contributed by atoms with Crippen molar-refractivity contribution >= 4 is 16.6 Å². The average Bonchev–Trinajstić information content (AvgIpc) is 2.30. The Morgan fingerprint density at radius 1 is 1.55 bits per heavy atom. The maximum Gasteiger partial charge on any atom is 0.0589 e. The molecule has 0 saturated heterocycles. The van der Waals surface area contributed by atoms with Crippen LogP contribution in [0.15, 0.2) is 24.7 Å². The molecule has 2 rings (SSSR count). The zero-order chi connectivity index (χ0) is 7.84. The molecule has 0 bridgehead atoms. The van der Waals surface area contributed by atoms with Crippen LogP contribution in [0.1, 0.15) is 0 Å². The van der Waals surface area contributed by atoms with E-state index in [4.69, 9.17) is 5.73 Å². The summed E-state index contributed by atoms with van der Waals surface area (Å²) in [6.07, 6.45) is 5.44. The highest BCUT2D eigenvalue weighted by Gasteiger charge is 2.00. The molecule has 0 aliphatic rings. The van der Waals surface area contributed by atoms with Crippen molar-refractivity contribution in [3.05, 3.63) is 24.7 Å². The van der Waals surface area contributed by atoms with Gasteiger partial charge in [0, 0.05) is 31.0 Å². The van der Waals surface area contributed by atoms with E-state index in [0.29, 0.717) is 0 Å². The maximum atomic E-state index is 5.72. The average molecular weight is 147 g/mol. The monoisotopic (exact) mass is 147 g/mol. The first-order valence-corrected chi connectivity index (χ1v) is 3.43. The van der Waals surface area contributed by atoms with Crippen LogP contribution in [0.4, 0.5) is 5.69 Å². The van der Waals surface area contributed by atoms with Crippen molar-refractivity contribution in [3.63, 3.8) is 0 Å². The number of hydrogen-bond acceptors (Lipinski definition) is 2. The topological polar surface area (TPSA) is 43.8 Å². The van der Waals surface area contributed by atoms with E-state index in [2.05, 4.69) is 4.98 Å². The molecule has 0 aliphatic heterocycles. The Morgan fingerprint density at radius 3 is 3.09 bits per heavy atom. The Bertz CT molecular complexity index is 353. The van der Waals surface area contributed by atoms with Crippen LogP contribution in [0, 0.1) is 0 Å². The van der Waals surface area contributed by atoms with Gasteiger partial charge >= 0.3 is 0 Å². The summed E-state index contributed by atoms with van der Waals surface area (Å²) in [5.74, 6) is 0. The number of rotatable bonds is 0. The molecule has 2 heterocycles. The van der Waals surface area contributed by atoms with Gasteiger partial charge in [-0.05, 0) is 6.07 Å². The Morgan fingerprint density at radius 2 is 2.36 bits per heavy atom. The molecule has 0 amide bonds. The van der Waals surface area contributed by atoms with Gasteiger partial charge in [0.15, 0.2) is 0 Å². The third-order valence-corrected chi connectivity index (χ3v) is 1.82. The summed E-state index contributed by atoms with van der Waals surface area (Å²) in [5.41, 5.74) is 7.63. The first kappa shape index (κ1) is 6.22. The minimum absolute atomic E-state index is 0.788. The van der Waals surface area contributed by atoms with E-state index in [1.54, 1.807) is 12.4 Å². The number of nitrogen functional groups attached to an aromatic ring is 1. The van der Waals surface area contributed by atoms with Crippen molar-refractivity contribution in [2.45, 2.75) is 0 Å². The van der Waals surface area contributed by atoms with Gasteiger partial charge in [-0.1, -0.05) is 0 Å². The van der Waals surface area contributed by atoms with Crippen molar-refractivity contribution in [3.8, 4) is 0 Å². The van der Waals surface area contributed by atoms with Crippen molar-refractivity contribution < 1.29 is 0 Å². The molecule has 56 valence electrons. The van der Waals surface area contributed by atoms with Crippen LogP contribution in [-0.2, 0) is 7.05 Å². The summed E-state index contributed by atoms with van der Waals surface area (Å²) in [4.78, 5) is 3.99. The van der Waals surface area contributed by atoms with E-state index in [-0.39, 0.29) is 0 Å². The lowest BCUT2D eigenvalue weighted by molar-refractivity contribution is 0.969. The van der Waals surface area contributed by atoms with Crippen molar-refractivity contribution in [1.29, 1.82) is 0 Å². The molecule has 0 unspecified atom stereocenters. The van der Waals surface area contributed by atoms with Crippen LogP contribution in [0.25, 0.3) is 10.9 Å². The molecule has 0 spiro atoms. The van der Waals surface area contributed by atoms with Crippen LogP contribution in [0.5, 0.6) is 0 Å². The van der Waals surface area contributed by atoms with Gasteiger partial charge in [0.25, 0.3) is 0 Å². The fourth-order valence-electron chi connectivity index (χ4n) is 1.26. The standard InChI is InChI=1S/C8H9N3/c1-11-5-7(9)6-4-10-3-2-8(6)11/h2-5H,9H2,1H3. The van der Waals surface area contributed by atoms with Gasteiger partial charge in [0.2, 0.25) is 0 Å². The molecule has 0 radical (unpaired) electrons. The highest BCUT2D eigenvalue weighted by molar-refractivity contribution is 5.90. The Hall–Kier alpha value is -1.51. The largest absolute Gasteiger partial charge is 0.397 e. The lowest BCUT2D eigenvalue weighted by Crippen LogP contribution is -1.82. The zero-order valence-corrected chi connectivity index (χ0v) is 6.28. The molecule has 2 aromatic rings. The molecule has 0 fully saturated rings. The first-order valence-electron chi connectivity index (χ1n) is 3.43. The number of fused-ring (bicyclic) bond motifs is 1. The van der Waals surface area contributed by atoms with E-state index in [1.165, 1.54) is 0 Å². The van der Waals surface area contributed by atoms with Gasteiger partial charge in [0.05, 0.1) is 11.2 Å². The number of nitrogens with two attached hydrogens (primary N) is 1. The molecule has 0 aliphatic carbocycles. The van der Waals surface area contributed by atoms with Crippen LogP contribution in [-0.4, -0.2) is 9.55 Å². The highest BCUT2D eigenvalue weighted by atomic mass is 14.9. The van der Waals surface area contributed by atoms with Gasteiger partial charge < -0.3 is 10.3 Å². The molecular formula is C8H9N3. The van der Waals surface area contributed by atoms with E-state index < -0.39 is 0 Å². The SMILES string of the molecule is Cn1cc(N)c2cnccc21. The van der Waals surface area contributed by atoms with Crippen molar-refractivity contribution in [2.24, 2.45) is 7.05 Å². The smallest absolute Gasteiger partial charge is 0.0589 e. The minimum Gasteiger partial charge on any atom is -0.397 e. The van der Waals surface area contributed by atoms with Crippen LogP contribution in [0.3, 0.4) is 0 Å². The predicted molar refractivity (Wildman–Crippen MR) is 45.1 cm³/mol. The lowest BCUT2D eigenvalue weighted by Gasteiger charge is -1.91. The number of nitrogens with zero attached hydrogens (tertiary/aromatic N) is 2. The zero-order valence-electron chi connectivity index (χ0n) is 6.28. The number of aromatic nitrogens is 2. The maximum absolute atomic E-state index is 5.72. The van der Waals surface area contributed by atoms with Gasteiger partial charge in [-0.25, -0.2) is 0 Å². The molecule has 2 N–H and O–H groups in total. The van der Waals surface area contributed by atoms with Gasteiger partial charge in [-0.15, -0.1) is 0 Å². The quantitative estimate of drug-likeness (QED) is 0.607. The second kappa shape index (κ2) is 1.99. The molecule has 0 atom stereocenters. The fraction of sp³-hybridized carbons (Fsp3) is 0.125. The molecule has 2 aromatic heterocycles. The Balaban J connectivity index is 2.95. The number of anilines is 1. The minimum atomic E-state index is 0.788. The Kier molecular flexibility index (Phi) is 1.12. The summed E-state index contributed by atoms with van der Waals surface area (Å²) in [5, 5.41) is 1.02. The van der Waals surface area contributed by atoms with Crippen molar-refractivity contribution in [2.75, 3.05) is 5.73 Å². The van der Waals surface area contributed by atoms with E-state index in [9.17, 15) is 0 Å². The number of aryl methyl sites for hydroxylation is 1. The van der Waals surface area contributed by atoms with Gasteiger partial charge in [0.1, 0.15) is 0 Å². The van der Waals surface area contributed by atoms with Gasteiger partial charge in [-0.2, -0.15) is 0 Å². The molecule has 0 saturated carbocycles. The third-order valence-electron chi connectivity index (χ3n) is 1.82. The van der Waals surface area contributed by atoms with E-state index in [1.807, 2.05) is 23.9 Å². The highest BCUT2D eigenvalue weighted by Crippen LogP contribution is 2.20. The molecule has 3 nitrogen and oxygen atoms in total. The summed E-state index contributed by atoms with van der Waals surface area (Å²) in [6.45, 7) is 0. The second-order valence-electron chi connectivity index (χ2n) is 2.59. The Labute approximate surface area is 64.5 Å². The van der Waals surface area contributed by atoms with Gasteiger partial charge in [-0.3, -0.25) is 4.98 Å². The predicted octanol–water partition coefficient (Wildman–Crippen LogP) is 1.16. The second-order valence-corrected chi connectivity index (χ2v) is 2.59.